The predicted molar refractivity (Wildman–Crippen MR) is 102 cm³/mol. The fraction of sp³-hybridized carbons (Fsp3) is 0.474. The van der Waals surface area contributed by atoms with E-state index < -0.39 is 6.10 Å². The monoisotopic (exact) mass is 368 g/mol. The average molecular weight is 368 g/mol. The van der Waals surface area contributed by atoms with Crippen molar-refractivity contribution in [3.05, 3.63) is 36.0 Å². The molecule has 2 N–H and O–H groups in total. The maximum absolute atomic E-state index is 11.8. The summed E-state index contributed by atoms with van der Waals surface area (Å²) in [5.41, 5.74) is 4.08. The van der Waals surface area contributed by atoms with Crippen molar-refractivity contribution in [2.75, 3.05) is 18.9 Å². The van der Waals surface area contributed by atoms with Gasteiger partial charge in [-0.05, 0) is 38.2 Å². The number of aromatic nitrogens is 4. The summed E-state index contributed by atoms with van der Waals surface area (Å²) in [5, 5.41) is 6.01. The number of hydrogen-bond acceptors (Lipinski definition) is 6. The highest BCUT2D eigenvalue weighted by atomic mass is 16.5. The van der Waals surface area contributed by atoms with Crippen molar-refractivity contribution in [1.29, 1.82) is 0 Å². The molecule has 1 saturated heterocycles. The van der Waals surface area contributed by atoms with Gasteiger partial charge in [0.05, 0.1) is 6.33 Å². The molecule has 0 saturated carbocycles. The molecule has 0 aromatic carbocycles. The number of nitrogens with zero attached hydrogens (tertiary/aromatic N) is 4. The normalized spacial score (nSPS) is 22.4. The van der Waals surface area contributed by atoms with Gasteiger partial charge in [0, 0.05) is 13.6 Å². The van der Waals surface area contributed by atoms with E-state index in [-0.39, 0.29) is 12.1 Å². The molecule has 3 heterocycles. The number of anilines is 1. The van der Waals surface area contributed by atoms with Gasteiger partial charge in [-0.25, -0.2) is 15.0 Å². The van der Waals surface area contributed by atoms with Crippen LogP contribution in [0.2, 0.25) is 0 Å². The fourth-order valence-corrected chi connectivity index (χ4v) is 3.61. The van der Waals surface area contributed by atoms with E-state index in [4.69, 9.17) is 4.74 Å². The van der Waals surface area contributed by atoms with Gasteiger partial charge >= 0.3 is 0 Å². The van der Waals surface area contributed by atoms with E-state index >= 15 is 0 Å². The molecule has 2 unspecified atom stereocenters. The Morgan fingerprint density at radius 2 is 2.22 bits per heavy atom. The van der Waals surface area contributed by atoms with Gasteiger partial charge in [0.15, 0.2) is 17.0 Å². The van der Waals surface area contributed by atoms with E-state index in [0.29, 0.717) is 29.9 Å². The zero-order valence-corrected chi connectivity index (χ0v) is 15.6. The number of hydrogen-bond donors (Lipinski definition) is 2. The van der Waals surface area contributed by atoms with Crippen LogP contribution in [-0.2, 0) is 9.53 Å². The van der Waals surface area contributed by atoms with E-state index in [0.717, 1.165) is 19.3 Å². The Bertz CT molecular complexity index is 916. The first kappa shape index (κ1) is 17.7. The number of amides is 1. The molecule has 1 fully saturated rings. The van der Waals surface area contributed by atoms with Crippen LogP contribution in [0.15, 0.2) is 36.0 Å². The number of rotatable bonds is 5. The smallest absolute Gasteiger partial charge is 0.248 e. The summed E-state index contributed by atoms with van der Waals surface area (Å²) in [6, 6.07) is 0. The third-order valence-electron chi connectivity index (χ3n) is 5.04. The third-order valence-corrected chi connectivity index (χ3v) is 5.04. The molecular formula is C19H24N6O2. The van der Waals surface area contributed by atoms with Gasteiger partial charge in [-0.2, -0.15) is 0 Å². The summed E-state index contributed by atoms with van der Waals surface area (Å²) in [6.07, 6.45) is 10.7. The lowest BCUT2D eigenvalue weighted by Crippen LogP contribution is -2.31. The van der Waals surface area contributed by atoms with Gasteiger partial charge in [0.1, 0.15) is 18.7 Å². The summed E-state index contributed by atoms with van der Waals surface area (Å²) < 4.78 is 7.77. The van der Waals surface area contributed by atoms with Gasteiger partial charge in [-0.15, -0.1) is 0 Å². The first-order valence-corrected chi connectivity index (χ1v) is 9.30. The Morgan fingerprint density at radius 1 is 1.33 bits per heavy atom. The molecule has 2 atom stereocenters. The Labute approximate surface area is 157 Å². The highest BCUT2D eigenvalue weighted by Gasteiger charge is 2.32. The number of nitrogens with one attached hydrogen (secondary N) is 2. The average Bonchev–Trinajstić information content (AvgIpc) is 3.33. The SMILES string of the molecule is CNC(=O)C1CCC(n2cnc3c(NCC4=CCCC(C)=C4)ncnc32)O1. The molecule has 27 heavy (non-hydrogen) atoms. The number of imidazole rings is 1. The van der Waals surface area contributed by atoms with Crippen molar-refractivity contribution in [3.63, 3.8) is 0 Å². The molecule has 2 aromatic heterocycles. The molecule has 0 radical (unpaired) electrons. The van der Waals surface area contributed by atoms with Crippen LogP contribution in [0.5, 0.6) is 0 Å². The molecule has 0 bridgehead atoms. The van der Waals surface area contributed by atoms with Crippen LogP contribution in [0.25, 0.3) is 11.2 Å². The number of fused-ring (bicyclic) bond motifs is 1. The van der Waals surface area contributed by atoms with Crippen LogP contribution in [0.4, 0.5) is 5.82 Å². The summed E-state index contributed by atoms with van der Waals surface area (Å²) in [7, 11) is 1.62. The molecular weight excluding hydrogens is 344 g/mol. The van der Waals surface area contributed by atoms with Crippen LogP contribution in [0, 0.1) is 0 Å². The van der Waals surface area contributed by atoms with E-state index in [1.807, 2.05) is 4.57 Å². The molecule has 8 nitrogen and oxygen atoms in total. The lowest BCUT2D eigenvalue weighted by atomic mass is 10.0. The minimum Gasteiger partial charge on any atom is -0.364 e. The highest BCUT2D eigenvalue weighted by molar-refractivity contribution is 5.83. The number of carbonyl (C=O) groups excluding carboxylic acids is 1. The van der Waals surface area contributed by atoms with Crippen molar-refractivity contribution < 1.29 is 9.53 Å². The standard InChI is InChI=1S/C19H24N6O2/c1-12-4-3-5-13(8-12)9-21-17-16-18(23-10-22-17)25(11-24-16)15-7-6-14(27-15)19(26)20-2/h5,8,10-11,14-15H,3-4,6-7,9H2,1-2H3,(H,20,26)(H,21,22,23). The van der Waals surface area contributed by atoms with Crippen LogP contribution in [-0.4, -0.2) is 45.1 Å². The molecule has 1 amide bonds. The zero-order chi connectivity index (χ0) is 18.8. The predicted octanol–water partition coefficient (Wildman–Crippen LogP) is 2.33. The molecule has 2 aromatic rings. The lowest BCUT2D eigenvalue weighted by Gasteiger charge is -2.15. The van der Waals surface area contributed by atoms with E-state index in [1.165, 1.54) is 17.5 Å². The Hall–Kier alpha value is -2.74. The highest BCUT2D eigenvalue weighted by Crippen LogP contribution is 2.31. The Morgan fingerprint density at radius 3 is 3.04 bits per heavy atom. The summed E-state index contributed by atoms with van der Waals surface area (Å²) in [6.45, 7) is 2.86. The summed E-state index contributed by atoms with van der Waals surface area (Å²) in [5.74, 6) is 0.611. The van der Waals surface area contributed by atoms with Crippen LogP contribution in [0.3, 0.4) is 0 Å². The quantitative estimate of drug-likeness (QED) is 0.841. The number of allylic oxidation sites excluding steroid dienone is 2. The van der Waals surface area contributed by atoms with E-state index in [2.05, 4.69) is 44.7 Å². The van der Waals surface area contributed by atoms with Crippen molar-refractivity contribution >= 4 is 22.9 Å². The van der Waals surface area contributed by atoms with Gasteiger partial charge < -0.3 is 15.4 Å². The fourth-order valence-electron chi connectivity index (χ4n) is 3.61. The molecule has 0 spiro atoms. The minimum absolute atomic E-state index is 0.0944. The van der Waals surface area contributed by atoms with Crippen LogP contribution >= 0.6 is 0 Å². The second kappa shape index (κ2) is 7.48. The Balaban J connectivity index is 1.52. The summed E-state index contributed by atoms with van der Waals surface area (Å²) in [4.78, 5) is 25.0. The van der Waals surface area contributed by atoms with E-state index in [1.54, 1.807) is 13.4 Å². The van der Waals surface area contributed by atoms with Gasteiger partial charge in [-0.1, -0.05) is 17.7 Å². The van der Waals surface area contributed by atoms with Gasteiger partial charge in [-0.3, -0.25) is 9.36 Å². The molecule has 1 aliphatic carbocycles. The van der Waals surface area contributed by atoms with Crippen molar-refractivity contribution in [2.45, 2.75) is 44.9 Å². The number of carbonyl (C=O) groups is 1. The number of likely N-dealkylation sites (N-methyl/N-ethyl adjacent to an activating group) is 1. The first-order chi connectivity index (χ1) is 13.2. The Kier molecular flexibility index (Phi) is 4.89. The maximum atomic E-state index is 11.8. The van der Waals surface area contributed by atoms with Crippen LogP contribution < -0.4 is 10.6 Å². The minimum atomic E-state index is -0.426. The largest absolute Gasteiger partial charge is 0.364 e. The lowest BCUT2D eigenvalue weighted by molar-refractivity contribution is -0.133. The molecule has 8 heteroatoms. The molecule has 4 rings (SSSR count). The molecule has 142 valence electrons. The summed E-state index contributed by atoms with van der Waals surface area (Å²) >= 11 is 0. The second-order valence-electron chi connectivity index (χ2n) is 6.98. The van der Waals surface area contributed by atoms with Crippen molar-refractivity contribution in [3.8, 4) is 0 Å². The maximum Gasteiger partial charge on any atom is 0.248 e. The third kappa shape index (κ3) is 3.57. The van der Waals surface area contributed by atoms with Crippen LogP contribution in [0.1, 0.15) is 38.8 Å². The van der Waals surface area contributed by atoms with Crippen molar-refractivity contribution in [2.24, 2.45) is 0 Å². The van der Waals surface area contributed by atoms with E-state index in [9.17, 15) is 4.79 Å². The second-order valence-corrected chi connectivity index (χ2v) is 6.98. The zero-order valence-electron chi connectivity index (χ0n) is 15.6. The molecule has 2 aliphatic rings. The topological polar surface area (TPSA) is 94.0 Å². The van der Waals surface area contributed by atoms with Crippen molar-refractivity contribution in [1.82, 2.24) is 24.8 Å². The van der Waals surface area contributed by atoms with Gasteiger partial charge in [0.25, 0.3) is 0 Å². The van der Waals surface area contributed by atoms with Gasteiger partial charge in [0.2, 0.25) is 5.91 Å². The molecule has 1 aliphatic heterocycles. The number of ether oxygens (including phenoxy) is 1. The first-order valence-electron chi connectivity index (χ1n) is 9.30.